The zero-order valence-electron chi connectivity index (χ0n) is 10.3. The summed E-state index contributed by atoms with van der Waals surface area (Å²) in [7, 11) is 0. The van der Waals surface area contributed by atoms with Crippen LogP contribution in [0, 0.1) is 5.82 Å². The van der Waals surface area contributed by atoms with Crippen molar-refractivity contribution in [1.82, 2.24) is 9.55 Å². The number of rotatable bonds is 2. The molecule has 1 saturated carbocycles. The second-order valence-electron chi connectivity index (χ2n) is 5.00. The Morgan fingerprint density at radius 2 is 1.78 bits per heavy atom. The Hall–Kier alpha value is -1.64. The Balaban J connectivity index is 1.82. The molecule has 0 amide bonds. The van der Waals surface area contributed by atoms with E-state index >= 15 is 0 Å². The lowest BCUT2D eigenvalue weighted by Crippen LogP contribution is -2.10. The maximum absolute atomic E-state index is 12.9. The fourth-order valence-electron chi connectivity index (χ4n) is 2.69. The lowest BCUT2D eigenvalue weighted by atomic mass is 9.95. The van der Waals surface area contributed by atoms with E-state index in [2.05, 4.69) is 15.7 Å². The summed E-state index contributed by atoms with van der Waals surface area (Å²) in [6, 6.07) is 7.12. The van der Waals surface area contributed by atoms with Crippen molar-refractivity contribution in [2.75, 3.05) is 0 Å². The Labute approximate surface area is 106 Å². The second kappa shape index (κ2) is 4.92. The highest BCUT2D eigenvalue weighted by Gasteiger charge is 2.15. The molecule has 0 atom stereocenters. The minimum atomic E-state index is -0.203. The molecule has 0 aliphatic heterocycles. The number of hydrogen-bond acceptors (Lipinski definition) is 1. The maximum Gasteiger partial charge on any atom is 0.123 e. The first-order valence-corrected chi connectivity index (χ1v) is 6.62. The fourth-order valence-corrected chi connectivity index (χ4v) is 2.69. The van der Waals surface area contributed by atoms with Crippen molar-refractivity contribution in [3.05, 3.63) is 42.6 Å². The number of nitrogens with zero attached hydrogens (tertiary/aromatic N) is 2. The number of aromatic nitrogens is 2. The first-order valence-electron chi connectivity index (χ1n) is 6.62. The van der Waals surface area contributed by atoms with E-state index in [1.807, 2.05) is 6.33 Å². The van der Waals surface area contributed by atoms with Gasteiger partial charge in [0.05, 0.1) is 12.0 Å². The predicted octanol–water partition coefficient (Wildman–Crippen LogP) is 4.19. The Morgan fingerprint density at radius 3 is 2.50 bits per heavy atom. The van der Waals surface area contributed by atoms with E-state index in [0.29, 0.717) is 6.04 Å². The first kappa shape index (κ1) is 11.5. The maximum atomic E-state index is 12.9. The van der Waals surface area contributed by atoms with Crippen LogP contribution >= 0.6 is 0 Å². The molecule has 18 heavy (non-hydrogen) atoms. The van der Waals surface area contributed by atoms with Crippen LogP contribution < -0.4 is 0 Å². The van der Waals surface area contributed by atoms with E-state index in [1.54, 1.807) is 12.1 Å². The quantitative estimate of drug-likeness (QED) is 0.774. The van der Waals surface area contributed by atoms with Gasteiger partial charge in [-0.3, -0.25) is 0 Å². The summed E-state index contributed by atoms with van der Waals surface area (Å²) in [4.78, 5) is 4.43. The van der Waals surface area contributed by atoms with Crippen molar-refractivity contribution in [1.29, 1.82) is 0 Å². The normalized spacial score (nSPS) is 16.9. The molecule has 0 radical (unpaired) electrons. The highest BCUT2D eigenvalue weighted by atomic mass is 19.1. The van der Waals surface area contributed by atoms with Gasteiger partial charge in [0.25, 0.3) is 0 Å². The van der Waals surface area contributed by atoms with E-state index in [9.17, 15) is 4.39 Å². The Kier molecular flexibility index (Phi) is 3.13. The highest BCUT2D eigenvalue weighted by molar-refractivity contribution is 5.57. The molecule has 94 valence electrons. The van der Waals surface area contributed by atoms with Gasteiger partial charge in [0.1, 0.15) is 5.82 Å². The van der Waals surface area contributed by atoms with Crippen LogP contribution in [0.2, 0.25) is 0 Å². The van der Waals surface area contributed by atoms with Crippen molar-refractivity contribution in [2.45, 2.75) is 38.1 Å². The van der Waals surface area contributed by atoms with Crippen LogP contribution in [0.1, 0.15) is 38.1 Å². The molecule has 0 spiro atoms. The zero-order chi connectivity index (χ0) is 12.4. The van der Waals surface area contributed by atoms with Crippen LogP contribution in [0.3, 0.4) is 0 Å². The van der Waals surface area contributed by atoms with Crippen LogP contribution in [0.5, 0.6) is 0 Å². The molecule has 3 heteroatoms. The second-order valence-corrected chi connectivity index (χ2v) is 5.00. The third-order valence-corrected chi connectivity index (χ3v) is 3.74. The fraction of sp³-hybridized carbons (Fsp3) is 0.400. The SMILES string of the molecule is Fc1ccc(-c2cn(C3CCCCC3)cn2)cc1. The van der Waals surface area contributed by atoms with Gasteiger partial charge in [-0.05, 0) is 37.1 Å². The number of hydrogen-bond donors (Lipinski definition) is 0. The molecular weight excluding hydrogens is 227 g/mol. The van der Waals surface area contributed by atoms with Crippen LogP contribution in [0.15, 0.2) is 36.8 Å². The molecule has 1 aromatic heterocycles. The summed E-state index contributed by atoms with van der Waals surface area (Å²) < 4.78 is 15.1. The predicted molar refractivity (Wildman–Crippen MR) is 69.7 cm³/mol. The molecule has 1 aromatic carbocycles. The third kappa shape index (κ3) is 2.30. The summed E-state index contributed by atoms with van der Waals surface area (Å²) in [5, 5.41) is 0. The van der Waals surface area contributed by atoms with Gasteiger partial charge >= 0.3 is 0 Å². The smallest absolute Gasteiger partial charge is 0.123 e. The first-order chi connectivity index (χ1) is 8.83. The molecule has 3 rings (SSSR count). The molecule has 0 bridgehead atoms. The minimum absolute atomic E-state index is 0.203. The standard InChI is InChI=1S/C15H17FN2/c16-13-8-6-12(7-9-13)15-10-18(11-17-15)14-4-2-1-3-5-14/h6-11,14H,1-5H2. The summed E-state index contributed by atoms with van der Waals surface area (Å²) in [5.41, 5.74) is 1.91. The van der Waals surface area contributed by atoms with E-state index in [4.69, 9.17) is 0 Å². The Morgan fingerprint density at radius 1 is 1.06 bits per heavy atom. The number of halogens is 1. The molecule has 1 aliphatic carbocycles. The average molecular weight is 244 g/mol. The zero-order valence-corrected chi connectivity index (χ0v) is 10.3. The van der Waals surface area contributed by atoms with Crippen LogP contribution in [-0.2, 0) is 0 Å². The summed E-state index contributed by atoms with van der Waals surface area (Å²) >= 11 is 0. The largest absolute Gasteiger partial charge is 0.334 e. The van der Waals surface area contributed by atoms with Crippen LogP contribution in [-0.4, -0.2) is 9.55 Å². The van der Waals surface area contributed by atoms with Gasteiger partial charge in [-0.25, -0.2) is 9.37 Å². The summed E-state index contributed by atoms with van der Waals surface area (Å²) in [6.07, 6.45) is 10.5. The highest BCUT2D eigenvalue weighted by Crippen LogP contribution is 2.29. The van der Waals surface area contributed by atoms with Gasteiger partial charge in [-0.1, -0.05) is 19.3 Å². The lowest BCUT2D eigenvalue weighted by molar-refractivity contribution is 0.353. The van der Waals surface area contributed by atoms with Crippen LogP contribution in [0.4, 0.5) is 4.39 Å². The van der Waals surface area contributed by atoms with Crippen molar-refractivity contribution in [2.24, 2.45) is 0 Å². The minimum Gasteiger partial charge on any atom is -0.334 e. The van der Waals surface area contributed by atoms with Gasteiger partial charge in [0.2, 0.25) is 0 Å². The Bertz CT molecular complexity index is 510. The topological polar surface area (TPSA) is 17.8 Å². The van der Waals surface area contributed by atoms with Gasteiger partial charge < -0.3 is 4.57 Å². The molecule has 1 aliphatic rings. The van der Waals surface area contributed by atoms with Crippen molar-refractivity contribution < 1.29 is 4.39 Å². The molecule has 1 fully saturated rings. The van der Waals surface area contributed by atoms with Gasteiger partial charge in [0, 0.05) is 17.8 Å². The average Bonchev–Trinajstić information content (AvgIpc) is 2.90. The van der Waals surface area contributed by atoms with Gasteiger partial charge in [0.15, 0.2) is 0 Å². The number of benzene rings is 1. The lowest BCUT2D eigenvalue weighted by Gasteiger charge is -2.22. The van der Waals surface area contributed by atoms with E-state index in [-0.39, 0.29) is 5.82 Å². The molecule has 1 heterocycles. The van der Waals surface area contributed by atoms with E-state index in [0.717, 1.165) is 11.3 Å². The van der Waals surface area contributed by atoms with E-state index < -0.39 is 0 Å². The van der Waals surface area contributed by atoms with Gasteiger partial charge in [-0.2, -0.15) is 0 Å². The molecule has 0 saturated heterocycles. The third-order valence-electron chi connectivity index (χ3n) is 3.74. The summed E-state index contributed by atoms with van der Waals surface area (Å²) in [6.45, 7) is 0. The van der Waals surface area contributed by atoms with Crippen molar-refractivity contribution in [3.63, 3.8) is 0 Å². The van der Waals surface area contributed by atoms with Crippen LogP contribution in [0.25, 0.3) is 11.3 Å². The molecule has 2 nitrogen and oxygen atoms in total. The van der Waals surface area contributed by atoms with Crippen molar-refractivity contribution >= 4 is 0 Å². The molecule has 0 unspecified atom stereocenters. The molecule has 0 N–H and O–H groups in total. The van der Waals surface area contributed by atoms with Crippen molar-refractivity contribution in [3.8, 4) is 11.3 Å². The monoisotopic (exact) mass is 244 g/mol. The number of imidazole rings is 1. The summed E-state index contributed by atoms with van der Waals surface area (Å²) in [5.74, 6) is -0.203. The van der Waals surface area contributed by atoms with E-state index in [1.165, 1.54) is 44.2 Å². The molecular formula is C15H17FN2. The molecule has 2 aromatic rings. The van der Waals surface area contributed by atoms with Gasteiger partial charge in [-0.15, -0.1) is 0 Å².